The Morgan fingerprint density at radius 1 is 1.41 bits per heavy atom. The minimum atomic E-state index is -0.749. The van der Waals surface area contributed by atoms with Crippen molar-refractivity contribution >= 4 is 5.97 Å². The third kappa shape index (κ3) is 4.61. The Hall–Kier alpha value is -1.29. The quantitative estimate of drug-likeness (QED) is 0.716. The zero-order valence-corrected chi connectivity index (χ0v) is 10.7. The molecule has 1 aromatic rings. The first kappa shape index (κ1) is 13.8. The monoisotopic (exact) mass is 239 g/mol. The van der Waals surface area contributed by atoms with Crippen molar-refractivity contribution in [3.05, 3.63) is 23.7 Å². The van der Waals surface area contributed by atoms with E-state index in [0.29, 0.717) is 13.0 Å². The van der Waals surface area contributed by atoms with Crippen LogP contribution in [0.25, 0.3) is 0 Å². The van der Waals surface area contributed by atoms with Gasteiger partial charge < -0.3 is 14.8 Å². The molecule has 0 amide bonds. The Morgan fingerprint density at radius 2 is 2.12 bits per heavy atom. The average Bonchev–Trinajstić information content (AvgIpc) is 2.63. The molecule has 0 fully saturated rings. The number of rotatable bonds is 7. The summed E-state index contributed by atoms with van der Waals surface area (Å²) in [5.41, 5.74) is -0.658. The molecule has 0 saturated heterocycles. The van der Waals surface area contributed by atoms with E-state index >= 15 is 0 Å². The predicted molar refractivity (Wildman–Crippen MR) is 66.1 cm³/mol. The van der Waals surface area contributed by atoms with Crippen LogP contribution in [0.15, 0.2) is 16.5 Å². The van der Waals surface area contributed by atoms with E-state index in [0.717, 1.165) is 24.5 Å². The molecule has 0 spiro atoms. The van der Waals surface area contributed by atoms with Crippen LogP contribution in [0.1, 0.15) is 31.8 Å². The number of aliphatic carboxylic acids is 1. The van der Waals surface area contributed by atoms with Gasteiger partial charge in [0.1, 0.15) is 11.5 Å². The second kappa shape index (κ2) is 5.87. The van der Waals surface area contributed by atoms with Crippen molar-refractivity contribution in [3.63, 3.8) is 0 Å². The van der Waals surface area contributed by atoms with E-state index in [1.807, 2.05) is 19.1 Å². The lowest BCUT2D eigenvalue weighted by molar-refractivity contribution is -0.147. The highest BCUT2D eigenvalue weighted by atomic mass is 16.4. The minimum absolute atomic E-state index is 0.625. The first-order valence-corrected chi connectivity index (χ1v) is 5.91. The topological polar surface area (TPSA) is 62.5 Å². The number of carboxylic acid groups (broad SMARTS) is 1. The molecule has 0 aliphatic heterocycles. The van der Waals surface area contributed by atoms with Gasteiger partial charge in [-0.05, 0) is 45.9 Å². The largest absolute Gasteiger partial charge is 0.481 e. The molecule has 0 aliphatic rings. The fourth-order valence-corrected chi connectivity index (χ4v) is 1.46. The SMILES string of the molecule is Cc1ccc(CCNCCC(C)(C)C(=O)O)o1. The highest BCUT2D eigenvalue weighted by Crippen LogP contribution is 2.19. The summed E-state index contributed by atoms with van der Waals surface area (Å²) in [6.45, 7) is 6.92. The van der Waals surface area contributed by atoms with E-state index in [9.17, 15) is 4.79 Å². The molecule has 2 N–H and O–H groups in total. The molecule has 17 heavy (non-hydrogen) atoms. The fraction of sp³-hybridized carbons (Fsp3) is 0.615. The molecule has 0 atom stereocenters. The molecule has 0 saturated carbocycles. The normalized spacial score (nSPS) is 11.7. The maximum Gasteiger partial charge on any atom is 0.309 e. The van der Waals surface area contributed by atoms with Gasteiger partial charge in [0, 0.05) is 13.0 Å². The van der Waals surface area contributed by atoms with Gasteiger partial charge in [0.25, 0.3) is 0 Å². The van der Waals surface area contributed by atoms with Crippen LogP contribution in [0.3, 0.4) is 0 Å². The van der Waals surface area contributed by atoms with Crippen molar-refractivity contribution in [2.24, 2.45) is 5.41 Å². The number of aryl methyl sites for hydroxylation is 1. The van der Waals surface area contributed by atoms with Gasteiger partial charge in [-0.3, -0.25) is 4.79 Å². The molecular weight excluding hydrogens is 218 g/mol. The maximum atomic E-state index is 10.9. The smallest absolute Gasteiger partial charge is 0.309 e. The summed E-state index contributed by atoms with van der Waals surface area (Å²) in [7, 11) is 0. The van der Waals surface area contributed by atoms with E-state index in [2.05, 4.69) is 5.32 Å². The predicted octanol–water partition coefficient (Wildman–Crippen LogP) is 2.22. The molecule has 4 heteroatoms. The van der Waals surface area contributed by atoms with Crippen LogP contribution >= 0.6 is 0 Å². The molecule has 0 aromatic carbocycles. The van der Waals surface area contributed by atoms with Crippen molar-refractivity contribution in [2.45, 2.75) is 33.6 Å². The Balaban J connectivity index is 2.15. The third-order valence-corrected chi connectivity index (χ3v) is 2.85. The Bertz CT molecular complexity index is 368. The summed E-state index contributed by atoms with van der Waals surface area (Å²) >= 11 is 0. The number of furan rings is 1. The van der Waals surface area contributed by atoms with Crippen LogP contribution in [0.5, 0.6) is 0 Å². The van der Waals surface area contributed by atoms with Crippen LogP contribution in [0.2, 0.25) is 0 Å². The van der Waals surface area contributed by atoms with Gasteiger partial charge in [-0.1, -0.05) is 0 Å². The molecule has 1 rings (SSSR count). The summed E-state index contributed by atoms with van der Waals surface area (Å²) in [5, 5.41) is 12.2. The lowest BCUT2D eigenvalue weighted by Gasteiger charge is -2.18. The van der Waals surface area contributed by atoms with Crippen molar-refractivity contribution < 1.29 is 14.3 Å². The van der Waals surface area contributed by atoms with Crippen molar-refractivity contribution in [1.82, 2.24) is 5.32 Å². The second-order valence-corrected chi connectivity index (χ2v) is 4.95. The average molecular weight is 239 g/mol. The lowest BCUT2D eigenvalue weighted by atomic mass is 9.90. The van der Waals surface area contributed by atoms with Crippen molar-refractivity contribution in [3.8, 4) is 0 Å². The molecule has 0 bridgehead atoms. The van der Waals surface area contributed by atoms with Gasteiger partial charge in [-0.15, -0.1) is 0 Å². The van der Waals surface area contributed by atoms with Crippen LogP contribution in [0.4, 0.5) is 0 Å². The first-order chi connectivity index (χ1) is 7.92. The van der Waals surface area contributed by atoms with Crippen LogP contribution in [-0.4, -0.2) is 24.2 Å². The Kier molecular flexibility index (Phi) is 4.75. The molecule has 96 valence electrons. The maximum absolute atomic E-state index is 10.9. The van der Waals surface area contributed by atoms with Gasteiger partial charge in [0.05, 0.1) is 5.41 Å². The number of hydrogen-bond donors (Lipinski definition) is 2. The van der Waals surface area contributed by atoms with Crippen LogP contribution in [-0.2, 0) is 11.2 Å². The highest BCUT2D eigenvalue weighted by Gasteiger charge is 2.25. The third-order valence-electron chi connectivity index (χ3n) is 2.85. The summed E-state index contributed by atoms with van der Waals surface area (Å²) in [6, 6.07) is 3.92. The van der Waals surface area contributed by atoms with E-state index in [1.54, 1.807) is 13.8 Å². The lowest BCUT2D eigenvalue weighted by Crippen LogP contribution is -2.29. The molecular formula is C13H21NO3. The zero-order valence-electron chi connectivity index (χ0n) is 10.7. The molecule has 0 radical (unpaired) electrons. The zero-order chi connectivity index (χ0) is 12.9. The summed E-state index contributed by atoms with van der Waals surface area (Å²) in [6.07, 6.45) is 1.46. The Labute approximate surface area is 102 Å². The molecule has 0 unspecified atom stereocenters. The first-order valence-electron chi connectivity index (χ1n) is 5.91. The van der Waals surface area contributed by atoms with Crippen LogP contribution in [0, 0.1) is 12.3 Å². The highest BCUT2D eigenvalue weighted by molar-refractivity contribution is 5.73. The van der Waals surface area contributed by atoms with E-state index in [-0.39, 0.29) is 0 Å². The van der Waals surface area contributed by atoms with E-state index in [4.69, 9.17) is 9.52 Å². The molecule has 0 aliphatic carbocycles. The van der Waals surface area contributed by atoms with E-state index in [1.165, 1.54) is 0 Å². The standard InChI is InChI=1S/C13H21NO3/c1-10-4-5-11(17-10)6-8-14-9-7-13(2,3)12(15)16/h4-5,14H,6-9H2,1-3H3,(H,15,16). The second-order valence-electron chi connectivity index (χ2n) is 4.95. The van der Waals surface area contributed by atoms with Gasteiger partial charge in [0.15, 0.2) is 0 Å². The van der Waals surface area contributed by atoms with Crippen molar-refractivity contribution in [2.75, 3.05) is 13.1 Å². The van der Waals surface area contributed by atoms with Crippen molar-refractivity contribution in [1.29, 1.82) is 0 Å². The molecule has 1 heterocycles. The fourth-order valence-electron chi connectivity index (χ4n) is 1.46. The number of hydrogen-bond acceptors (Lipinski definition) is 3. The number of carbonyl (C=O) groups is 1. The van der Waals surface area contributed by atoms with Gasteiger partial charge in [-0.25, -0.2) is 0 Å². The van der Waals surface area contributed by atoms with Gasteiger partial charge in [0.2, 0.25) is 0 Å². The van der Waals surface area contributed by atoms with Crippen LogP contribution < -0.4 is 5.32 Å². The number of carboxylic acids is 1. The van der Waals surface area contributed by atoms with Gasteiger partial charge >= 0.3 is 5.97 Å². The number of nitrogens with one attached hydrogen (secondary N) is 1. The molecule has 1 aromatic heterocycles. The summed E-state index contributed by atoms with van der Waals surface area (Å²) < 4.78 is 5.44. The summed E-state index contributed by atoms with van der Waals surface area (Å²) in [4.78, 5) is 10.9. The minimum Gasteiger partial charge on any atom is -0.481 e. The molecule has 4 nitrogen and oxygen atoms in total. The summed E-state index contributed by atoms with van der Waals surface area (Å²) in [5.74, 6) is 1.14. The Morgan fingerprint density at radius 3 is 2.65 bits per heavy atom. The van der Waals surface area contributed by atoms with Gasteiger partial charge in [-0.2, -0.15) is 0 Å². The van der Waals surface area contributed by atoms with E-state index < -0.39 is 11.4 Å².